The van der Waals surface area contributed by atoms with E-state index >= 15 is 0 Å². The van der Waals surface area contributed by atoms with Crippen LogP contribution in [0.5, 0.6) is 0 Å². The molecule has 6 heteroatoms. The molecule has 0 bridgehead atoms. The van der Waals surface area contributed by atoms with Crippen LogP contribution >= 0.6 is 27.3 Å². The normalized spacial score (nSPS) is 16.3. The molecule has 2 aromatic rings. The number of hydrogen-bond acceptors (Lipinski definition) is 4. The molecule has 84 valence electrons. The molecule has 2 aromatic heterocycles. The number of H-pyrrole nitrogens is 1. The fourth-order valence-electron chi connectivity index (χ4n) is 1.99. The monoisotopic (exact) mass is 298 g/mol. The minimum Gasteiger partial charge on any atom is -0.293 e. The number of thiazole rings is 1. The molecule has 0 saturated carbocycles. The van der Waals surface area contributed by atoms with Crippen LogP contribution in [0.15, 0.2) is 15.5 Å². The standard InChI is InChI=1S/C10H11BrN4S/c11-10-9(12-6-16-10)5-15-2-1-8-7(4-15)3-13-14-8/h3,6H,1-2,4-5H2,(H,13,14). The molecule has 0 radical (unpaired) electrons. The van der Waals surface area contributed by atoms with E-state index in [-0.39, 0.29) is 0 Å². The molecule has 0 atom stereocenters. The summed E-state index contributed by atoms with van der Waals surface area (Å²) >= 11 is 5.17. The van der Waals surface area contributed by atoms with Gasteiger partial charge in [0.25, 0.3) is 0 Å². The van der Waals surface area contributed by atoms with Crippen molar-refractivity contribution < 1.29 is 0 Å². The van der Waals surface area contributed by atoms with E-state index in [4.69, 9.17) is 0 Å². The van der Waals surface area contributed by atoms with Gasteiger partial charge >= 0.3 is 0 Å². The van der Waals surface area contributed by atoms with Crippen LogP contribution in [0.2, 0.25) is 0 Å². The van der Waals surface area contributed by atoms with Gasteiger partial charge in [-0.15, -0.1) is 11.3 Å². The molecule has 1 aliphatic heterocycles. The molecule has 3 rings (SSSR count). The molecular weight excluding hydrogens is 288 g/mol. The van der Waals surface area contributed by atoms with Gasteiger partial charge in [-0.05, 0) is 15.9 Å². The Kier molecular flexibility index (Phi) is 2.79. The summed E-state index contributed by atoms with van der Waals surface area (Å²) in [5.41, 5.74) is 5.62. The van der Waals surface area contributed by atoms with Crippen molar-refractivity contribution in [1.82, 2.24) is 20.1 Å². The summed E-state index contributed by atoms with van der Waals surface area (Å²) in [6.45, 7) is 2.95. The van der Waals surface area contributed by atoms with Crippen molar-refractivity contribution in [2.75, 3.05) is 6.54 Å². The molecule has 4 nitrogen and oxygen atoms in total. The van der Waals surface area contributed by atoms with E-state index in [9.17, 15) is 0 Å². The second kappa shape index (κ2) is 4.27. The summed E-state index contributed by atoms with van der Waals surface area (Å²) in [5, 5.41) is 7.13. The van der Waals surface area contributed by atoms with E-state index in [0.29, 0.717) is 0 Å². The van der Waals surface area contributed by atoms with Gasteiger partial charge in [0, 0.05) is 37.3 Å². The van der Waals surface area contributed by atoms with E-state index in [1.807, 2.05) is 11.7 Å². The van der Waals surface area contributed by atoms with Crippen LogP contribution in [0, 0.1) is 0 Å². The number of aromatic nitrogens is 3. The van der Waals surface area contributed by atoms with Crippen molar-refractivity contribution in [2.45, 2.75) is 19.5 Å². The first-order valence-corrected chi connectivity index (χ1v) is 6.81. The topological polar surface area (TPSA) is 44.8 Å². The Labute approximate surface area is 106 Å². The highest BCUT2D eigenvalue weighted by atomic mass is 79.9. The third-order valence-electron chi connectivity index (χ3n) is 2.84. The van der Waals surface area contributed by atoms with Crippen LogP contribution in [-0.4, -0.2) is 26.6 Å². The molecule has 16 heavy (non-hydrogen) atoms. The van der Waals surface area contributed by atoms with Crippen LogP contribution in [-0.2, 0) is 19.5 Å². The summed E-state index contributed by atoms with van der Waals surface area (Å²) in [7, 11) is 0. The molecule has 0 aliphatic carbocycles. The van der Waals surface area contributed by atoms with Gasteiger partial charge in [-0.2, -0.15) is 5.10 Å². The van der Waals surface area contributed by atoms with Crippen molar-refractivity contribution in [3.05, 3.63) is 32.4 Å². The number of rotatable bonds is 2. The second-order valence-electron chi connectivity index (χ2n) is 3.91. The van der Waals surface area contributed by atoms with Crippen molar-refractivity contribution in [3.63, 3.8) is 0 Å². The SMILES string of the molecule is Brc1scnc1CN1CCc2[nH]ncc2C1. The van der Waals surface area contributed by atoms with Crippen molar-refractivity contribution in [3.8, 4) is 0 Å². The average molecular weight is 299 g/mol. The highest BCUT2D eigenvalue weighted by Gasteiger charge is 2.19. The lowest BCUT2D eigenvalue weighted by Gasteiger charge is -2.25. The molecule has 0 amide bonds. The van der Waals surface area contributed by atoms with Crippen LogP contribution in [0.1, 0.15) is 17.0 Å². The Bertz CT molecular complexity index is 492. The van der Waals surface area contributed by atoms with Gasteiger partial charge < -0.3 is 0 Å². The number of nitrogens with one attached hydrogen (secondary N) is 1. The predicted octanol–water partition coefficient (Wildman–Crippen LogP) is 2.19. The van der Waals surface area contributed by atoms with E-state index in [0.717, 1.165) is 35.5 Å². The fraction of sp³-hybridized carbons (Fsp3) is 0.400. The molecule has 0 unspecified atom stereocenters. The first-order chi connectivity index (χ1) is 7.83. The maximum atomic E-state index is 4.36. The fourth-order valence-corrected chi connectivity index (χ4v) is 2.99. The quantitative estimate of drug-likeness (QED) is 0.924. The zero-order chi connectivity index (χ0) is 11.0. The van der Waals surface area contributed by atoms with Crippen LogP contribution < -0.4 is 0 Å². The van der Waals surface area contributed by atoms with Gasteiger partial charge in [0.2, 0.25) is 0 Å². The van der Waals surface area contributed by atoms with Gasteiger partial charge in [-0.25, -0.2) is 4.98 Å². The Hall–Kier alpha value is -0.720. The number of fused-ring (bicyclic) bond motifs is 1. The minimum absolute atomic E-state index is 0.911. The molecular formula is C10H11BrN4S. The molecule has 0 fully saturated rings. The summed E-state index contributed by atoms with van der Waals surface area (Å²) < 4.78 is 1.14. The molecule has 0 aromatic carbocycles. The summed E-state index contributed by atoms with van der Waals surface area (Å²) in [4.78, 5) is 6.76. The highest BCUT2D eigenvalue weighted by molar-refractivity contribution is 9.11. The third kappa shape index (κ3) is 1.92. The molecule has 1 N–H and O–H groups in total. The van der Waals surface area contributed by atoms with Gasteiger partial charge in [-0.3, -0.25) is 10.00 Å². The lowest BCUT2D eigenvalue weighted by Crippen LogP contribution is -2.29. The lowest BCUT2D eigenvalue weighted by molar-refractivity contribution is 0.242. The Morgan fingerprint density at radius 1 is 1.56 bits per heavy atom. The van der Waals surface area contributed by atoms with Crippen molar-refractivity contribution in [2.24, 2.45) is 0 Å². The Morgan fingerprint density at radius 2 is 2.50 bits per heavy atom. The zero-order valence-corrected chi connectivity index (χ0v) is 11.0. The summed E-state index contributed by atoms with van der Waals surface area (Å²) in [6, 6.07) is 0. The van der Waals surface area contributed by atoms with E-state index in [1.165, 1.54) is 11.3 Å². The summed E-state index contributed by atoms with van der Waals surface area (Å²) in [6.07, 6.45) is 2.98. The maximum absolute atomic E-state index is 4.36. The summed E-state index contributed by atoms with van der Waals surface area (Å²) in [5.74, 6) is 0. The first kappa shape index (κ1) is 10.4. The van der Waals surface area contributed by atoms with E-state index in [2.05, 4.69) is 36.0 Å². The first-order valence-electron chi connectivity index (χ1n) is 5.14. The van der Waals surface area contributed by atoms with Crippen LogP contribution in [0.4, 0.5) is 0 Å². The maximum Gasteiger partial charge on any atom is 0.0942 e. The van der Waals surface area contributed by atoms with Crippen molar-refractivity contribution in [1.29, 1.82) is 0 Å². The van der Waals surface area contributed by atoms with Gasteiger partial charge in [0.05, 0.1) is 21.2 Å². The number of nitrogens with zero attached hydrogens (tertiary/aromatic N) is 3. The molecule has 3 heterocycles. The average Bonchev–Trinajstić information content (AvgIpc) is 2.88. The van der Waals surface area contributed by atoms with Gasteiger partial charge in [0.1, 0.15) is 0 Å². The van der Waals surface area contributed by atoms with Gasteiger partial charge in [-0.1, -0.05) is 0 Å². The zero-order valence-electron chi connectivity index (χ0n) is 8.61. The predicted molar refractivity (Wildman–Crippen MR) is 66.2 cm³/mol. The number of aromatic amines is 1. The number of hydrogen-bond donors (Lipinski definition) is 1. The van der Waals surface area contributed by atoms with Crippen LogP contribution in [0.25, 0.3) is 0 Å². The minimum atomic E-state index is 0.911. The van der Waals surface area contributed by atoms with Crippen molar-refractivity contribution >= 4 is 27.3 Å². The Balaban J connectivity index is 1.73. The third-order valence-corrected chi connectivity index (χ3v) is 4.52. The largest absolute Gasteiger partial charge is 0.293 e. The molecule has 1 aliphatic rings. The Morgan fingerprint density at radius 3 is 3.31 bits per heavy atom. The molecule has 0 spiro atoms. The highest BCUT2D eigenvalue weighted by Crippen LogP contribution is 2.24. The van der Waals surface area contributed by atoms with E-state index < -0.39 is 0 Å². The number of halogens is 1. The van der Waals surface area contributed by atoms with Gasteiger partial charge in [0.15, 0.2) is 0 Å². The molecule has 0 saturated heterocycles. The second-order valence-corrected chi connectivity index (χ2v) is 6.08. The van der Waals surface area contributed by atoms with Crippen LogP contribution in [0.3, 0.4) is 0 Å². The van der Waals surface area contributed by atoms with E-state index in [1.54, 1.807) is 11.3 Å². The smallest absolute Gasteiger partial charge is 0.0942 e. The lowest BCUT2D eigenvalue weighted by atomic mass is 10.1.